The molecule has 1 aromatic carbocycles. The van der Waals surface area contributed by atoms with E-state index in [0.717, 1.165) is 11.3 Å². The van der Waals surface area contributed by atoms with Crippen molar-refractivity contribution in [1.82, 2.24) is 5.32 Å². The SMILES string of the molecule is COCc1ccccc1N1C(=O)C(C)(C)NC(=O)C1C. The summed E-state index contributed by atoms with van der Waals surface area (Å²) in [5, 5.41) is 2.74. The van der Waals surface area contributed by atoms with E-state index in [2.05, 4.69) is 5.32 Å². The molecule has 1 N–H and O–H groups in total. The van der Waals surface area contributed by atoms with Crippen LogP contribution in [0.2, 0.25) is 0 Å². The molecule has 1 aromatic rings. The highest BCUT2D eigenvalue weighted by molar-refractivity contribution is 6.10. The molecule has 1 aliphatic rings. The normalized spacial score (nSPS) is 21.8. The second-order valence-electron chi connectivity index (χ2n) is 5.53. The van der Waals surface area contributed by atoms with Crippen LogP contribution >= 0.6 is 0 Å². The minimum atomic E-state index is -0.899. The third-order valence-electron chi connectivity index (χ3n) is 3.51. The average Bonchev–Trinajstić information content (AvgIpc) is 2.39. The van der Waals surface area contributed by atoms with Gasteiger partial charge < -0.3 is 10.1 Å². The third-order valence-corrected chi connectivity index (χ3v) is 3.51. The molecule has 108 valence electrons. The molecule has 2 rings (SSSR count). The largest absolute Gasteiger partial charge is 0.380 e. The molecule has 1 fully saturated rings. The van der Waals surface area contributed by atoms with Gasteiger partial charge in [-0.15, -0.1) is 0 Å². The van der Waals surface area contributed by atoms with Gasteiger partial charge >= 0.3 is 0 Å². The maximum atomic E-state index is 12.6. The zero-order chi connectivity index (χ0) is 14.9. The molecule has 1 atom stereocenters. The molecule has 0 spiro atoms. The second-order valence-corrected chi connectivity index (χ2v) is 5.53. The van der Waals surface area contributed by atoms with Gasteiger partial charge in [-0.1, -0.05) is 18.2 Å². The Hall–Kier alpha value is -1.88. The second kappa shape index (κ2) is 5.25. The number of benzene rings is 1. The van der Waals surface area contributed by atoms with Gasteiger partial charge in [0.15, 0.2) is 0 Å². The van der Waals surface area contributed by atoms with E-state index in [4.69, 9.17) is 4.74 Å². The Kier molecular flexibility index (Phi) is 3.81. The van der Waals surface area contributed by atoms with E-state index in [9.17, 15) is 9.59 Å². The number of carbonyl (C=O) groups excluding carboxylic acids is 2. The van der Waals surface area contributed by atoms with Crippen molar-refractivity contribution in [3.8, 4) is 0 Å². The van der Waals surface area contributed by atoms with Crippen LogP contribution in [0, 0.1) is 0 Å². The van der Waals surface area contributed by atoms with E-state index in [0.29, 0.717) is 6.61 Å². The number of amides is 2. The lowest BCUT2D eigenvalue weighted by Gasteiger charge is -2.42. The molecule has 0 aromatic heterocycles. The van der Waals surface area contributed by atoms with Crippen LogP contribution < -0.4 is 10.2 Å². The lowest BCUT2D eigenvalue weighted by atomic mass is 9.96. The highest BCUT2D eigenvalue weighted by atomic mass is 16.5. The van der Waals surface area contributed by atoms with Crippen LogP contribution in [0.3, 0.4) is 0 Å². The first-order valence-electron chi connectivity index (χ1n) is 6.61. The standard InChI is InChI=1S/C15H20N2O3/c1-10-13(18)16-15(2,3)14(19)17(10)12-8-6-5-7-11(12)9-20-4/h5-8,10H,9H2,1-4H3,(H,16,18). The molecule has 2 amide bonds. The summed E-state index contributed by atoms with van der Waals surface area (Å²) in [6.07, 6.45) is 0. The number of hydrogen-bond donors (Lipinski definition) is 1. The fourth-order valence-corrected chi connectivity index (χ4v) is 2.40. The highest BCUT2D eigenvalue weighted by Gasteiger charge is 2.44. The maximum Gasteiger partial charge on any atom is 0.252 e. The minimum absolute atomic E-state index is 0.117. The van der Waals surface area contributed by atoms with E-state index < -0.39 is 11.6 Å². The fraction of sp³-hybridized carbons (Fsp3) is 0.467. The van der Waals surface area contributed by atoms with Crippen LogP contribution in [0.1, 0.15) is 26.3 Å². The molecule has 1 heterocycles. The van der Waals surface area contributed by atoms with Crippen LogP contribution in [0.15, 0.2) is 24.3 Å². The highest BCUT2D eigenvalue weighted by Crippen LogP contribution is 2.28. The zero-order valence-electron chi connectivity index (χ0n) is 12.3. The summed E-state index contributed by atoms with van der Waals surface area (Å²) in [4.78, 5) is 26.3. The number of methoxy groups -OCH3 is 1. The van der Waals surface area contributed by atoms with E-state index in [1.807, 2.05) is 24.3 Å². The van der Waals surface area contributed by atoms with Crippen LogP contribution in [0.4, 0.5) is 5.69 Å². The van der Waals surface area contributed by atoms with Gasteiger partial charge in [-0.2, -0.15) is 0 Å². The predicted octanol–water partition coefficient (Wildman–Crippen LogP) is 1.46. The van der Waals surface area contributed by atoms with Gasteiger partial charge in [-0.25, -0.2) is 0 Å². The number of piperazine rings is 1. The Balaban J connectivity index is 2.48. The van der Waals surface area contributed by atoms with Crippen LogP contribution in [-0.2, 0) is 20.9 Å². The van der Waals surface area contributed by atoms with Crippen molar-refractivity contribution in [3.05, 3.63) is 29.8 Å². The summed E-state index contributed by atoms with van der Waals surface area (Å²) < 4.78 is 5.17. The van der Waals surface area contributed by atoms with Gasteiger partial charge in [0, 0.05) is 12.7 Å². The van der Waals surface area contributed by atoms with Crippen molar-refractivity contribution in [2.75, 3.05) is 12.0 Å². The molecule has 5 heteroatoms. The topological polar surface area (TPSA) is 58.6 Å². The fourth-order valence-electron chi connectivity index (χ4n) is 2.40. The first kappa shape index (κ1) is 14.5. The minimum Gasteiger partial charge on any atom is -0.380 e. The Morgan fingerprint density at radius 2 is 1.95 bits per heavy atom. The summed E-state index contributed by atoms with van der Waals surface area (Å²) in [5.41, 5.74) is 0.722. The molecular formula is C15H20N2O3. The molecule has 1 aliphatic heterocycles. The van der Waals surface area contributed by atoms with Gasteiger partial charge in [0.25, 0.3) is 5.91 Å². The number of para-hydroxylation sites is 1. The van der Waals surface area contributed by atoms with E-state index in [1.165, 1.54) is 0 Å². The van der Waals surface area contributed by atoms with E-state index in [1.54, 1.807) is 32.8 Å². The number of hydrogen-bond acceptors (Lipinski definition) is 3. The number of ether oxygens (including phenoxy) is 1. The molecule has 0 saturated carbocycles. The van der Waals surface area contributed by atoms with Crippen molar-refractivity contribution < 1.29 is 14.3 Å². The molecule has 0 radical (unpaired) electrons. The number of anilines is 1. The quantitative estimate of drug-likeness (QED) is 0.909. The van der Waals surface area contributed by atoms with Gasteiger partial charge in [0.05, 0.1) is 12.3 Å². The molecule has 0 aliphatic carbocycles. The summed E-state index contributed by atoms with van der Waals surface area (Å²) in [7, 11) is 1.61. The van der Waals surface area contributed by atoms with E-state index >= 15 is 0 Å². The van der Waals surface area contributed by atoms with Crippen molar-refractivity contribution in [3.63, 3.8) is 0 Å². The summed E-state index contributed by atoms with van der Waals surface area (Å²) in [6, 6.07) is 6.96. The summed E-state index contributed by atoms with van der Waals surface area (Å²) >= 11 is 0. The van der Waals surface area contributed by atoms with Crippen LogP contribution in [-0.4, -0.2) is 30.5 Å². The molecular weight excluding hydrogens is 256 g/mol. The molecule has 0 bridgehead atoms. The monoisotopic (exact) mass is 276 g/mol. The van der Waals surface area contributed by atoms with Crippen molar-refractivity contribution >= 4 is 17.5 Å². The first-order chi connectivity index (χ1) is 9.38. The summed E-state index contributed by atoms with van der Waals surface area (Å²) in [6.45, 7) is 5.55. The molecule has 1 saturated heterocycles. The lowest BCUT2D eigenvalue weighted by Crippen LogP contribution is -2.67. The predicted molar refractivity (Wildman–Crippen MR) is 76.3 cm³/mol. The average molecular weight is 276 g/mol. The van der Waals surface area contributed by atoms with Gasteiger partial charge in [-0.3, -0.25) is 14.5 Å². The third kappa shape index (κ3) is 2.41. The Morgan fingerprint density at radius 3 is 2.60 bits per heavy atom. The van der Waals surface area contributed by atoms with Gasteiger partial charge in [0.2, 0.25) is 5.91 Å². The van der Waals surface area contributed by atoms with Crippen LogP contribution in [0.25, 0.3) is 0 Å². The van der Waals surface area contributed by atoms with E-state index in [-0.39, 0.29) is 11.8 Å². The first-order valence-corrected chi connectivity index (χ1v) is 6.61. The molecule has 20 heavy (non-hydrogen) atoms. The number of nitrogens with one attached hydrogen (secondary N) is 1. The van der Waals surface area contributed by atoms with Crippen molar-refractivity contribution in [1.29, 1.82) is 0 Å². The smallest absolute Gasteiger partial charge is 0.252 e. The number of nitrogens with zero attached hydrogens (tertiary/aromatic N) is 1. The number of carbonyl (C=O) groups is 2. The molecule has 5 nitrogen and oxygen atoms in total. The Labute approximate surface area is 118 Å². The zero-order valence-corrected chi connectivity index (χ0v) is 12.3. The van der Waals surface area contributed by atoms with Gasteiger partial charge in [0.1, 0.15) is 11.6 Å². The summed E-state index contributed by atoms with van der Waals surface area (Å²) in [5.74, 6) is -0.269. The number of rotatable bonds is 3. The van der Waals surface area contributed by atoms with Crippen molar-refractivity contribution in [2.24, 2.45) is 0 Å². The van der Waals surface area contributed by atoms with Crippen LogP contribution in [0.5, 0.6) is 0 Å². The Morgan fingerprint density at radius 1 is 1.30 bits per heavy atom. The Bertz CT molecular complexity index is 540. The van der Waals surface area contributed by atoms with Crippen molar-refractivity contribution in [2.45, 2.75) is 39.0 Å². The molecule has 1 unspecified atom stereocenters. The maximum absolute atomic E-state index is 12.6. The lowest BCUT2D eigenvalue weighted by molar-refractivity contribution is -0.136. The van der Waals surface area contributed by atoms with Gasteiger partial charge in [-0.05, 0) is 26.8 Å².